The van der Waals surface area contributed by atoms with E-state index in [1.165, 1.54) is 6.07 Å². The molecule has 0 aliphatic carbocycles. The number of hydrogen-bond acceptors (Lipinski definition) is 5. The maximum absolute atomic E-state index is 10.7. The van der Waals surface area contributed by atoms with Crippen molar-refractivity contribution in [2.75, 3.05) is 0 Å². The second kappa shape index (κ2) is 3.34. The molecule has 6 heteroatoms. The minimum absolute atomic E-state index is 0.379. The van der Waals surface area contributed by atoms with E-state index in [1.807, 2.05) is 0 Å². The van der Waals surface area contributed by atoms with Crippen LogP contribution >= 0.6 is 0 Å². The minimum Gasteiger partial charge on any atom is -0.545 e. The standard InChI is InChI=1S/C10H8N2O4/c1-12-3-2-5-4-6(9(13)14)7(10(15)16)11-8(5)12/h2-4H,1H3,(H,13,14)(H,15,16)/p-2. The molecule has 0 amide bonds. The molecule has 0 fully saturated rings. The van der Waals surface area contributed by atoms with Gasteiger partial charge in [0, 0.05) is 24.2 Å². The number of carbonyl (C=O) groups excluding carboxylic acids is 2. The van der Waals surface area contributed by atoms with Gasteiger partial charge in [0.15, 0.2) is 0 Å². The lowest BCUT2D eigenvalue weighted by Gasteiger charge is -2.10. The molecule has 0 N–H and O–H groups in total. The van der Waals surface area contributed by atoms with E-state index >= 15 is 0 Å². The lowest BCUT2D eigenvalue weighted by molar-refractivity contribution is -0.260. The van der Waals surface area contributed by atoms with Gasteiger partial charge in [-0.25, -0.2) is 4.98 Å². The van der Waals surface area contributed by atoms with Gasteiger partial charge in [-0.3, -0.25) is 0 Å². The van der Waals surface area contributed by atoms with E-state index < -0.39 is 23.2 Å². The summed E-state index contributed by atoms with van der Waals surface area (Å²) in [6.45, 7) is 0. The SMILES string of the molecule is Cn1ccc2cc(C(=O)[O-])c(C(=O)[O-])nc21. The number of fused-ring (bicyclic) bond motifs is 1. The number of aromatic carboxylic acids is 2. The van der Waals surface area contributed by atoms with Crippen LogP contribution in [-0.2, 0) is 7.05 Å². The predicted octanol–water partition coefficient (Wildman–Crippen LogP) is -1.70. The zero-order valence-corrected chi connectivity index (χ0v) is 8.26. The number of carboxylic acids is 2. The molecule has 0 aliphatic heterocycles. The Morgan fingerprint density at radius 3 is 2.56 bits per heavy atom. The number of rotatable bonds is 2. The number of nitrogens with zero attached hydrogens (tertiary/aromatic N) is 2. The highest BCUT2D eigenvalue weighted by Crippen LogP contribution is 2.16. The van der Waals surface area contributed by atoms with Crippen LogP contribution in [0.15, 0.2) is 18.3 Å². The van der Waals surface area contributed by atoms with Crippen LogP contribution in [0.5, 0.6) is 0 Å². The smallest absolute Gasteiger partial charge is 0.140 e. The van der Waals surface area contributed by atoms with Crippen molar-refractivity contribution in [3.63, 3.8) is 0 Å². The number of pyridine rings is 1. The third-order valence-electron chi connectivity index (χ3n) is 2.26. The van der Waals surface area contributed by atoms with E-state index in [1.54, 1.807) is 23.9 Å². The van der Waals surface area contributed by atoms with Crippen LogP contribution in [0, 0.1) is 0 Å². The van der Waals surface area contributed by atoms with Crippen molar-refractivity contribution < 1.29 is 19.8 Å². The molecule has 2 heterocycles. The molecule has 2 rings (SSSR count). The molecule has 0 aromatic carbocycles. The number of hydrogen-bond donors (Lipinski definition) is 0. The number of aromatic nitrogens is 2. The second-order valence-corrected chi connectivity index (χ2v) is 3.30. The van der Waals surface area contributed by atoms with E-state index in [0.717, 1.165) is 0 Å². The summed E-state index contributed by atoms with van der Waals surface area (Å²) in [6, 6.07) is 2.84. The van der Waals surface area contributed by atoms with E-state index in [2.05, 4.69) is 4.98 Å². The molecule has 0 bridgehead atoms. The van der Waals surface area contributed by atoms with Gasteiger partial charge in [-0.2, -0.15) is 0 Å². The average Bonchev–Trinajstić information content (AvgIpc) is 2.58. The number of aryl methyl sites for hydroxylation is 1. The Morgan fingerprint density at radius 2 is 2.00 bits per heavy atom. The van der Waals surface area contributed by atoms with Gasteiger partial charge in [-0.05, 0) is 12.1 Å². The van der Waals surface area contributed by atoms with Crippen molar-refractivity contribution in [1.82, 2.24) is 9.55 Å². The molecule has 6 nitrogen and oxygen atoms in total. The first-order valence-corrected chi connectivity index (χ1v) is 4.39. The van der Waals surface area contributed by atoms with Crippen molar-refractivity contribution in [2.24, 2.45) is 7.05 Å². The lowest BCUT2D eigenvalue weighted by atomic mass is 10.1. The van der Waals surface area contributed by atoms with Crippen LogP contribution in [0.3, 0.4) is 0 Å². The quantitative estimate of drug-likeness (QED) is 0.598. The van der Waals surface area contributed by atoms with Crippen molar-refractivity contribution in [1.29, 1.82) is 0 Å². The summed E-state index contributed by atoms with van der Waals surface area (Å²) in [7, 11) is 1.67. The largest absolute Gasteiger partial charge is 0.545 e. The third-order valence-corrected chi connectivity index (χ3v) is 2.26. The van der Waals surface area contributed by atoms with Crippen LogP contribution < -0.4 is 10.2 Å². The number of carbonyl (C=O) groups is 2. The molecule has 82 valence electrons. The topological polar surface area (TPSA) is 98.1 Å². The average molecular weight is 218 g/mol. The van der Waals surface area contributed by atoms with Crippen LogP contribution in [0.1, 0.15) is 20.8 Å². The minimum atomic E-state index is -1.64. The Balaban J connectivity index is 2.83. The normalized spacial score (nSPS) is 10.6. The zero-order valence-electron chi connectivity index (χ0n) is 8.26. The monoisotopic (exact) mass is 218 g/mol. The van der Waals surface area contributed by atoms with E-state index in [0.29, 0.717) is 11.0 Å². The fraction of sp³-hybridized carbons (Fsp3) is 0.100. The Morgan fingerprint density at radius 1 is 1.31 bits per heavy atom. The maximum Gasteiger partial charge on any atom is 0.140 e. The molecule has 0 atom stereocenters. The van der Waals surface area contributed by atoms with Gasteiger partial charge >= 0.3 is 0 Å². The van der Waals surface area contributed by atoms with Crippen molar-refractivity contribution in [2.45, 2.75) is 0 Å². The summed E-state index contributed by atoms with van der Waals surface area (Å²) in [5, 5.41) is 22.0. The summed E-state index contributed by atoms with van der Waals surface area (Å²) in [6.07, 6.45) is 1.65. The van der Waals surface area contributed by atoms with Crippen LogP contribution in [0.4, 0.5) is 0 Å². The summed E-state index contributed by atoms with van der Waals surface area (Å²) in [5.41, 5.74) is -0.711. The first-order chi connectivity index (χ1) is 7.50. The zero-order chi connectivity index (χ0) is 11.9. The number of carboxylic acid groups (broad SMARTS) is 2. The van der Waals surface area contributed by atoms with Crippen molar-refractivity contribution in [3.05, 3.63) is 29.6 Å². The molecular formula is C10H6N2O4-2. The summed E-state index contributed by atoms with van der Waals surface area (Å²) in [5.74, 6) is -3.22. The van der Waals surface area contributed by atoms with Crippen LogP contribution in [0.25, 0.3) is 11.0 Å². The summed E-state index contributed by atoms with van der Waals surface area (Å²) >= 11 is 0. The molecule has 0 spiro atoms. The van der Waals surface area contributed by atoms with Gasteiger partial charge in [0.1, 0.15) is 5.65 Å². The van der Waals surface area contributed by atoms with E-state index in [9.17, 15) is 19.8 Å². The van der Waals surface area contributed by atoms with Crippen molar-refractivity contribution in [3.8, 4) is 0 Å². The van der Waals surface area contributed by atoms with E-state index in [-0.39, 0.29) is 0 Å². The Bertz CT molecular complexity index is 600. The van der Waals surface area contributed by atoms with Crippen LogP contribution in [0.2, 0.25) is 0 Å². The van der Waals surface area contributed by atoms with E-state index in [4.69, 9.17) is 0 Å². The molecule has 2 aromatic heterocycles. The predicted molar refractivity (Wildman–Crippen MR) is 49.4 cm³/mol. The molecule has 0 saturated heterocycles. The highest BCUT2D eigenvalue weighted by atomic mass is 16.4. The Hall–Kier alpha value is -2.37. The first-order valence-electron chi connectivity index (χ1n) is 4.39. The first kappa shape index (κ1) is 10.2. The molecular weight excluding hydrogens is 212 g/mol. The molecule has 0 radical (unpaired) electrons. The Labute approximate surface area is 89.8 Å². The van der Waals surface area contributed by atoms with Gasteiger partial charge in [0.05, 0.1) is 17.6 Å². The van der Waals surface area contributed by atoms with Gasteiger partial charge in [-0.15, -0.1) is 0 Å². The summed E-state index contributed by atoms with van der Waals surface area (Å²) < 4.78 is 1.58. The fourth-order valence-corrected chi connectivity index (χ4v) is 1.50. The molecule has 0 saturated carbocycles. The molecule has 2 aromatic rings. The maximum atomic E-state index is 10.7. The second-order valence-electron chi connectivity index (χ2n) is 3.30. The molecule has 0 unspecified atom stereocenters. The van der Waals surface area contributed by atoms with Crippen molar-refractivity contribution >= 4 is 23.0 Å². The highest BCUT2D eigenvalue weighted by molar-refractivity contribution is 6.01. The highest BCUT2D eigenvalue weighted by Gasteiger charge is 2.10. The molecule has 16 heavy (non-hydrogen) atoms. The fourth-order valence-electron chi connectivity index (χ4n) is 1.50. The van der Waals surface area contributed by atoms with Gasteiger partial charge in [0.2, 0.25) is 0 Å². The van der Waals surface area contributed by atoms with Gasteiger partial charge < -0.3 is 24.4 Å². The van der Waals surface area contributed by atoms with Gasteiger partial charge in [0.25, 0.3) is 0 Å². The van der Waals surface area contributed by atoms with Crippen LogP contribution in [-0.4, -0.2) is 21.5 Å². The lowest BCUT2D eigenvalue weighted by Crippen LogP contribution is -2.31. The van der Waals surface area contributed by atoms with Gasteiger partial charge in [-0.1, -0.05) is 0 Å². The Kier molecular flexibility index (Phi) is 2.12. The molecule has 0 aliphatic rings. The summed E-state index contributed by atoms with van der Waals surface area (Å²) in [4.78, 5) is 25.2. The third kappa shape index (κ3) is 1.40.